The predicted molar refractivity (Wildman–Crippen MR) is 86.8 cm³/mol. The molecule has 9 heteroatoms. The molecule has 3 rings (SSSR count). The summed E-state index contributed by atoms with van der Waals surface area (Å²) in [4.78, 5) is 10.2. The van der Waals surface area contributed by atoms with Crippen LogP contribution < -0.4 is 0 Å². The molecule has 0 radical (unpaired) electrons. The number of hydrogen-bond acceptors (Lipinski definition) is 5. The lowest BCUT2D eigenvalue weighted by atomic mass is 9.98. The summed E-state index contributed by atoms with van der Waals surface area (Å²) in [5.41, 5.74) is -0.218. The molecule has 0 atom stereocenters. The van der Waals surface area contributed by atoms with Crippen molar-refractivity contribution in [2.45, 2.75) is 24.3 Å². The average molecular weight is 350 g/mol. The third kappa shape index (κ3) is 3.46. The van der Waals surface area contributed by atoms with Gasteiger partial charge in [0.2, 0.25) is 10.0 Å². The van der Waals surface area contributed by atoms with Crippen molar-refractivity contribution in [3.05, 3.63) is 52.8 Å². The van der Waals surface area contributed by atoms with Gasteiger partial charge in [-0.2, -0.15) is 9.40 Å². The molecular formula is C15H18N4O4S. The van der Waals surface area contributed by atoms with Crippen molar-refractivity contribution in [1.29, 1.82) is 0 Å². The Balaban J connectivity index is 1.68. The average Bonchev–Trinajstić information content (AvgIpc) is 3.08. The molecule has 2 aromatic rings. The lowest BCUT2D eigenvalue weighted by Gasteiger charge is -2.31. The normalized spacial score (nSPS) is 17.0. The molecule has 0 bridgehead atoms. The summed E-state index contributed by atoms with van der Waals surface area (Å²) >= 11 is 0. The summed E-state index contributed by atoms with van der Waals surface area (Å²) in [5.74, 6) is 0.376. The van der Waals surface area contributed by atoms with Gasteiger partial charge < -0.3 is 0 Å². The second kappa shape index (κ2) is 6.70. The van der Waals surface area contributed by atoms with Crippen LogP contribution >= 0.6 is 0 Å². The maximum Gasteiger partial charge on any atom is 0.270 e. The third-order valence-corrected chi connectivity index (χ3v) is 6.14. The number of nitrogens with zero attached hydrogens (tertiary/aromatic N) is 4. The molecule has 0 aliphatic carbocycles. The quantitative estimate of drug-likeness (QED) is 0.606. The Morgan fingerprint density at radius 3 is 2.62 bits per heavy atom. The van der Waals surface area contributed by atoms with Crippen LogP contribution in [0.2, 0.25) is 0 Å². The van der Waals surface area contributed by atoms with Crippen LogP contribution in [0, 0.1) is 16.0 Å². The van der Waals surface area contributed by atoms with Gasteiger partial charge in [0.05, 0.1) is 9.82 Å². The largest absolute Gasteiger partial charge is 0.272 e. The molecule has 0 N–H and O–H groups in total. The summed E-state index contributed by atoms with van der Waals surface area (Å²) in [7, 11) is -3.70. The van der Waals surface area contributed by atoms with Gasteiger partial charge in [0.25, 0.3) is 5.69 Å². The number of sulfonamides is 1. The van der Waals surface area contributed by atoms with Crippen LogP contribution in [0.25, 0.3) is 0 Å². The number of nitro benzene ring substituents is 1. The van der Waals surface area contributed by atoms with E-state index in [1.54, 1.807) is 6.20 Å². The highest BCUT2D eigenvalue weighted by atomic mass is 32.2. The monoisotopic (exact) mass is 350 g/mol. The first kappa shape index (κ1) is 16.6. The van der Waals surface area contributed by atoms with E-state index < -0.39 is 14.9 Å². The van der Waals surface area contributed by atoms with Gasteiger partial charge in [-0.3, -0.25) is 14.8 Å². The van der Waals surface area contributed by atoms with E-state index in [4.69, 9.17) is 0 Å². The highest BCUT2D eigenvalue weighted by Gasteiger charge is 2.30. The summed E-state index contributed by atoms with van der Waals surface area (Å²) in [6, 6.07) is 7.07. The number of non-ortho nitro benzene ring substituents is 1. The number of aromatic nitrogens is 2. The van der Waals surface area contributed by atoms with E-state index in [1.807, 2.05) is 16.9 Å². The summed E-state index contributed by atoms with van der Waals surface area (Å²) in [6.07, 6.45) is 5.11. The van der Waals surface area contributed by atoms with Crippen LogP contribution in [0.5, 0.6) is 0 Å². The first-order valence-corrected chi connectivity index (χ1v) is 9.13. The lowest BCUT2D eigenvalue weighted by Crippen LogP contribution is -2.39. The van der Waals surface area contributed by atoms with Crippen molar-refractivity contribution in [2.75, 3.05) is 13.1 Å². The van der Waals surface area contributed by atoms with E-state index >= 15 is 0 Å². The Morgan fingerprint density at radius 1 is 1.25 bits per heavy atom. The number of piperidine rings is 1. The van der Waals surface area contributed by atoms with Crippen LogP contribution in [0.3, 0.4) is 0 Å². The number of hydrogen-bond donors (Lipinski definition) is 0. The fourth-order valence-electron chi connectivity index (χ4n) is 2.91. The van der Waals surface area contributed by atoms with E-state index in [2.05, 4.69) is 5.10 Å². The lowest BCUT2D eigenvalue weighted by molar-refractivity contribution is -0.385. The first-order valence-electron chi connectivity index (χ1n) is 7.69. The van der Waals surface area contributed by atoms with Gasteiger partial charge in [0.15, 0.2) is 0 Å². The van der Waals surface area contributed by atoms with Crippen LogP contribution in [-0.2, 0) is 16.6 Å². The van der Waals surface area contributed by atoms with Crippen LogP contribution in [0.4, 0.5) is 5.69 Å². The van der Waals surface area contributed by atoms with Crippen molar-refractivity contribution >= 4 is 15.7 Å². The molecule has 0 unspecified atom stereocenters. The highest BCUT2D eigenvalue weighted by molar-refractivity contribution is 7.89. The van der Waals surface area contributed by atoms with Gasteiger partial charge in [-0.15, -0.1) is 0 Å². The van der Waals surface area contributed by atoms with E-state index in [9.17, 15) is 18.5 Å². The standard InChI is InChI=1S/C15H18N4O4S/c20-19(21)14-3-1-4-15(11-14)24(22,23)18-9-5-13(6-10-18)12-17-8-2-7-16-17/h1-4,7-8,11,13H,5-6,9-10,12H2. The maximum atomic E-state index is 12.7. The molecule has 1 fully saturated rings. The molecule has 2 heterocycles. The van der Waals surface area contributed by atoms with Crippen molar-refractivity contribution < 1.29 is 13.3 Å². The van der Waals surface area contributed by atoms with E-state index in [0.29, 0.717) is 19.0 Å². The molecule has 0 amide bonds. The Morgan fingerprint density at radius 2 is 2.00 bits per heavy atom. The molecule has 8 nitrogen and oxygen atoms in total. The summed E-state index contributed by atoms with van der Waals surface area (Å²) in [6.45, 7) is 1.60. The second-order valence-electron chi connectivity index (χ2n) is 5.83. The SMILES string of the molecule is O=[N+]([O-])c1cccc(S(=O)(=O)N2CCC(Cn3cccn3)CC2)c1. The molecule has 1 aromatic heterocycles. The number of benzene rings is 1. The zero-order chi connectivity index (χ0) is 17.2. The van der Waals surface area contributed by atoms with Gasteiger partial charge in [-0.25, -0.2) is 8.42 Å². The third-order valence-electron chi connectivity index (χ3n) is 4.24. The smallest absolute Gasteiger partial charge is 0.270 e. The minimum Gasteiger partial charge on any atom is -0.272 e. The van der Waals surface area contributed by atoms with Gasteiger partial charge >= 0.3 is 0 Å². The second-order valence-corrected chi connectivity index (χ2v) is 7.77. The zero-order valence-corrected chi connectivity index (χ0v) is 13.8. The van der Waals surface area contributed by atoms with Gasteiger partial charge in [-0.1, -0.05) is 6.07 Å². The minimum atomic E-state index is -3.70. The number of rotatable bonds is 5. The van der Waals surface area contributed by atoms with Crippen molar-refractivity contribution in [3.8, 4) is 0 Å². The van der Waals surface area contributed by atoms with Crippen molar-refractivity contribution in [3.63, 3.8) is 0 Å². The zero-order valence-electron chi connectivity index (χ0n) is 13.0. The first-order chi connectivity index (χ1) is 11.5. The molecule has 0 saturated carbocycles. The Bertz CT molecular complexity index is 812. The Labute approximate surface area is 139 Å². The Kier molecular flexibility index (Phi) is 4.63. The fraction of sp³-hybridized carbons (Fsp3) is 0.400. The molecule has 1 aliphatic rings. The molecule has 128 valence electrons. The summed E-state index contributed by atoms with van der Waals surface area (Å²) < 4.78 is 28.6. The van der Waals surface area contributed by atoms with Crippen LogP contribution in [0.15, 0.2) is 47.6 Å². The molecule has 1 aliphatic heterocycles. The van der Waals surface area contributed by atoms with E-state index in [0.717, 1.165) is 25.5 Å². The molecular weight excluding hydrogens is 332 g/mol. The topological polar surface area (TPSA) is 98.3 Å². The molecule has 1 aromatic carbocycles. The maximum absolute atomic E-state index is 12.7. The van der Waals surface area contributed by atoms with E-state index in [1.165, 1.54) is 22.5 Å². The van der Waals surface area contributed by atoms with Crippen LogP contribution in [-0.4, -0.2) is 40.5 Å². The van der Waals surface area contributed by atoms with Crippen molar-refractivity contribution in [2.24, 2.45) is 5.92 Å². The molecule has 0 spiro atoms. The van der Waals surface area contributed by atoms with Gasteiger partial charge in [0, 0.05) is 44.2 Å². The summed E-state index contributed by atoms with van der Waals surface area (Å²) in [5, 5.41) is 15.0. The van der Waals surface area contributed by atoms with Gasteiger partial charge in [0.1, 0.15) is 0 Å². The van der Waals surface area contributed by atoms with Gasteiger partial charge in [-0.05, 0) is 30.9 Å². The molecule has 1 saturated heterocycles. The number of nitro groups is 1. The Hall–Kier alpha value is -2.26. The van der Waals surface area contributed by atoms with Crippen molar-refractivity contribution in [1.82, 2.24) is 14.1 Å². The minimum absolute atomic E-state index is 0.0257. The molecule has 24 heavy (non-hydrogen) atoms. The predicted octanol–water partition coefficient (Wildman–Crippen LogP) is 1.89. The highest BCUT2D eigenvalue weighted by Crippen LogP contribution is 2.26. The fourth-order valence-corrected chi connectivity index (χ4v) is 4.42. The van der Waals surface area contributed by atoms with Crippen LogP contribution in [0.1, 0.15) is 12.8 Å². The van der Waals surface area contributed by atoms with E-state index in [-0.39, 0.29) is 10.6 Å².